The summed E-state index contributed by atoms with van der Waals surface area (Å²) >= 11 is -5.25. The summed E-state index contributed by atoms with van der Waals surface area (Å²) in [5, 5.41) is 8.32. The Morgan fingerprint density at radius 2 is 1.03 bits per heavy atom. The normalized spacial score (nSPS) is 9.18. The van der Waals surface area contributed by atoms with Crippen molar-refractivity contribution < 1.29 is 180 Å². The van der Waals surface area contributed by atoms with Crippen molar-refractivity contribution in [3.8, 4) is 0 Å². The van der Waals surface area contributed by atoms with Crippen LogP contribution in [0.15, 0.2) is 24.4 Å². The van der Waals surface area contributed by atoms with Gasteiger partial charge in [-0.3, -0.25) is 27.3 Å². The van der Waals surface area contributed by atoms with Gasteiger partial charge in [0.05, 0.1) is 0 Å². The molecule has 1 heterocycles. The van der Waals surface area contributed by atoms with Gasteiger partial charge in [0, 0.05) is 77.2 Å². The van der Waals surface area contributed by atoms with Crippen molar-refractivity contribution in [2.45, 2.75) is 0 Å². The number of rotatable bonds is 1. The quantitative estimate of drug-likeness (QED) is 0.0941. The summed E-state index contributed by atoms with van der Waals surface area (Å²) in [6.45, 7) is 0. The third-order valence-electron chi connectivity index (χ3n) is 0.884. The van der Waals surface area contributed by atoms with Gasteiger partial charge in [0.1, 0.15) is 5.69 Å². The van der Waals surface area contributed by atoms with E-state index in [2.05, 4.69) is 4.98 Å². The van der Waals surface area contributed by atoms with Gasteiger partial charge in [-0.25, -0.2) is 9.78 Å². The smallest absolute Gasteiger partial charge is 1.00 e. The van der Waals surface area contributed by atoms with E-state index in [0.717, 1.165) is 0 Å². The number of carboxylic acids is 1. The average molecular weight is 822 g/mol. The largest absolute Gasteiger partial charge is 1.00 e. The first-order valence-corrected chi connectivity index (χ1v) is 12.4. The number of aromatic nitrogens is 1. The fourth-order valence-corrected chi connectivity index (χ4v) is 0.489. The summed E-state index contributed by atoms with van der Waals surface area (Å²) in [4.78, 5) is 13.7. The summed E-state index contributed by atoms with van der Waals surface area (Å²) in [6, 6.07) is 4.76. The molecular weight excluding hydrogens is 808 g/mol. The summed E-state index contributed by atoms with van der Waals surface area (Å²) in [7, 11) is -14.0. The monoisotopic (exact) mass is 821 g/mol. The Kier molecular flexibility index (Phi) is 51.3. The van der Waals surface area contributed by atoms with E-state index >= 15 is 0 Å². The summed E-state index contributed by atoms with van der Waals surface area (Å²) in [5.41, 5.74) is 0.0810. The van der Waals surface area contributed by atoms with Crippen LogP contribution in [0.3, 0.4) is 0 Å². The molecule has 0 spiro atoms. The molecule has 0 amide bonds. The minimum absolute atomic E-state index is 0. The zero-order valence-corrected chi connectivity index (χ0v) is 28.4. The van der Waals surface area contributed by atoms with Gasteiger partial charge in [-0.15, -0.1) is 0 Å². The Bertz CT molecular complexity index is 881. The van der Waals surface area contributed by atoms with Crippen LogP contribution in [0, 0.1) is 0 Å². The average Bonchev–Trinajstić information content (AvgIpc) is 2.31. The van der Waals surface area contributed by atoms with E-state index in [0.29, 0.717) is 0 Å². The predicted molar refractivity (Wildman–Crippen MR) is 86.4 cm³/mol. The van der Waals surface area contributed by atoms with E-state index in [1.165, 1.54) is 12.3 Å². The molecule has 0 fully saturated rings. The van der Waals surface area contributed by atoms with Crippen LogP contribution in [0.4, 0.5) is 0 Å². The van der Waals surface area contributed by atoms with Crippen LogP contribution in [0.1, 0.15) is 11.9 Å². The first-order chi connectivity index (χ1) is 12.3. The molecule has 0 aromatic carbocycles. The molecule has 202 valence electrons. The topological polar surface area (TPSA) is 349 Å². The second-order valence-electron chi connectivity index (χ2n) is 3.31. The van der Waals surface area contributed by atoms with Crippen molar-refractivity contribution in [3.05, 3.63) is 30.1 Å². The van der Waals surface area contributed by atoms with Crippen LogP contribution in [0.2, 0.25) is 0 Å². The number of pyridine rings is 1. The van der Waals surface area contributed by atoms with E-state index in [1.54, 1.807) is 12.1 Å². The van der Waals surface area contributed by atoms with E-state index in [1.807, 2.05) is 0 Å². The molecule has 1 aromatic heterocycles. The van der Waals surface area contributed by atoms with Gasteiger partial charge in [-0.2, -0.15) is 25.3 Å². The molecule has 2 radical (unpaired) electrons. The molecule has 0 saturated heterocycles. The van der Waals surface area contributed by atoms with Crippen molar-refractivity contribution >= 4 is 50.5 Å². The zero-order chi connectivity index (χ0) is 24.7. The van der Waals surface area contributed by atoms with E-state index in [-0.39, 0.29) is 108 Å². The van der Waals surface area contributed by atoms with Gasteiger partial charge in [0.15, 0.2) is 0 Å². The van der Waals surface area contributed by atoms with Crippen LogP contribution in [0.5, 0.6) is 0 Å². The maximum Gasteiger partial charge on any atom is 1.00 e. The van der Waals surface area contributed by atoms with Crippen LogP contribution < -0.4 is 29.6 Å². The fourth-order valence-electron chi connectivity index (χ4n) is 0.489. The van der Waals surface area contributed by atoms with Crippen molar-refractivity contribution in [1.82, 2.24) is 4.98 Å². The molecule has 19 nitrogen and oxygen atoms in total. The van der Waals surface area contributed by atoms with Crippen molar-refractivity contribution in [2.75, 3.05) is 0 Å². The van der Waals surface area contributed by atoms with Gasteiger partial charge in [0.2, 0.25) is 0 Å². The van der Waals surface area contributed by atoms with E-state index < -0.39 is 50.5 Å². The van der Waals surface area contributed by atoms with Gasteiger partial charge >= 0.3 is 96.1 Å². The fraction of sp³-hybridized carbons (Fsp3) is 0. The maximum absolute atomic E-state index is 10.1. The standard InChI is InChI=1S/C6H5NO2.Cr.Cu.Mn.Na.3H2O4S.H2O4Se.Zn.H/c8-6(9)5-3-1-2-4-7-5;;;;;4*1-5(2,3)4;;/h1-4H,(H,8,9);;;;;4*(H2,1,2,3,4);;/q;;;;+1;;;;;;-1. The maximum atomic E-state index is 10.1. The number of carboxylic acid groups (broad SMARTS) is 1. The van der Waals surface area contributed by atoms with E-state index in [9.17, 15) is 4.79 Å². The van der Waals surface area contributed by atoms with Crippen molar-refractivity contribution in [2.24, 2.45) is 0 Å². The Morgan fingerprint density at radius 1 is 0.824 bits per heavy atom. The summed E-state index contributed by atoms with van der Waals surface area (Å²) < 4.78 is 127. The molecular formula is C6H14CrCuMnNNaO18S3SeZn. The molecule has 1 aromatic rings. The zero-order valence-electron chi connectivity index (χ0n) is 16.9. The molecule has 9 N–H and O–H groups in total. The van der Waals surface area contributed by atoms with Gasteiger partial charge < -0.3 is 6.53 Å². The third-order valence-corrected chi connectivity index (χ3v) is 0.884. The molecule has 0 aliphatic heterocycles. The van der Waals surface area contributed by atoms with E-state index in [4.69, 9.17) is 73.7 Å². The molecule has 0 saturated carbocycles. The minimum atomic E-state index is -5.25. The van der Waals surface area contributed by atoms with Gasteiger partial charge in [0.25, 0.3) is 0 Å². The molecule has 0 atom stereocenters. The van der Waals surface area contributed by atoms with Crippen molar-refractivity contribution in [3.63, 3.8) is 0 Å². The summed E-state index contributed by atoms with van der Waals surface area (Å²) in [5.74, 6) is -0.990. The number of carbonyl (C=O) groups is 1. The van der Waals surface area contributed by atoms with Crippen LogP contribution in [-0.4, -0.2) is 90.4 Å². The number of hydrogen-bond donors (Lipinski definition) is 9. The minimum Gasteiger partial charge on any atom is -1.00 e. The van der Waals surface area contributed by atoms with Gasteiger partial charge in [-0.05, 0) is 12.1 Å². The number of hydrogen-bond acceptors (Lipinski definition) is 10. The Labute approximate surface area is 263 Å². The SMILES string of the molecule is O=C(O)c1ccccn1.O=S(=O)(O)O.O=S(=O)(O)O.O=S(=O)(O)O.O=[Se](=O)(O)O.[Cr].[Cu].[H-].[Mn].[Na+].[Zn]. The molecule has 0 unspecified atom stereocenters. The number of nitrogens with zero attached hydrogens (tertiary/aromatic N) is 1. The first kappa shape index (κ1) is 60.1. The Hall–Kier alpha value is 1.46. The first-order valence-electron chi connectivity index (χ1n) is 5.24. The Balaban J connectivity index is -0.0000000275. The van der Waals surface area contributed by atoms with Crippen LogP contribution in [0.25, 0.3) is 0 Å². The molecule has 28 heteroatoms. The molecule has 0 aliphatic carbocycles. The predicted octanol–water partition coefficient (Wildman–Crippen LogP) is -5.80. The second kappa shape index (κ2) is 29.0. The van der Waals surface area contributed by atoms with Gasteiger partial charge in [-0.1, -0.05) is 6.07 Å². The molecule has 0 bridgehead atoms. The molecule has 34 heavy (non-hydrogen) atoms. The third kappa shape index (κ3) is 195. The summed E-state index contributed by atoms with van der Waals surface area (Å²) in [6.07, 6.45) is 1.45. The van der Waals surface area contributed by atoms with Crippen LogP contribution >= 0.6 is 0 Å². The molecule has 1 rings (SSSR count). The molecule has 0 aliphatic rings. The van der Waals surface area contributed by atoms with Crippen molar-refractivity contribution in [1.29, 1.82) is 0 Å². The second-order valence-corrected chi connectivity index (χ2v) is 7.88. The Morgan fingerprint density at radius 3 is 1.12 bits per heavy atom. The van der Waals surface area contributed by atoms with Crippen LogP contribution in [-0.2, 0) is 110 Å². The number of aromatic carboxylic acids is 1.